The highest BCUT2D eigenvalue weighted by molar-refractivity contribution is 5.36. The molecule has 0 saturated heterocycles. The van der Waals surface area contributed by atoms with Gasteiger partial charge in [-0.05, 0) is 24.1 Å². The molecule has 100 valence electrons. The zero-order chi connectivity index (χ0) is 13.8. The Kier molecular flexibility index (Phi) is 4.12. The second-order valence-electron chi connectivity index (χ2n) is 4.27. The molecule has 19 heavy (non-hydrogen) atoms. The molecule has 0 fully saturated rings. The Hall–Kier alpha value is -1.94. The molecule has 0 aromatic heterocycles. The quantitative estimate of drug-likeness (QED) is 0.919. The first-order valence-electron chi connectivity index (χ1n) is 5.95. The Balaban J connectivity index is 2.26. The molecule has 0 amide bonds. The number of halogens is 2. The number of rotatable bonds is 4. The molecule has 0 radical (unpaired) electrons. The smallest absolute Gasteiger partial charge is 0.162 e. The summed E-state index contributed by atoms with van der Waals surface area (Å²) >= 11 is 0. The topological polar surface area (TPSA) is 35.2 Å². The Labute approximate surface area is 110 Å². The average Bonchev–Trinajstić information content (AvgIpc) is 2.43. The van der Waals surface area contributed by atoms with Crippen molar-refractivity contribution in [3.8, 4) is 5.75 Å². The number of benzene rings is 2. The lowest BCUT2D eigenvalue weighted by atomic mass is 9.98. The van der Waals surface area contributed by atoms with Gasteiger partial charge in [-0.3, -0.25) is 0 Å². The summed E-state index contributed by atoms with van der Waals surface area (Å²) in [4.78, 5) is 0. The fraction of sp³-hybridized carbons (Fsp3) is 0.200. The van der Waals surface area contributed by atoms with Gasteiger partial charge in [0, 0.05) is 11.6 Å². The van der Waals surface area contributed by atoms with Gasteiger partial charge in [-0.25, -0.2) is 8.78 Å². The second kappa shape index (κ2) is 5.80. The van der Waals surface area contributed by atoms with Crippen LogP contribution in [-0.4, -0.2) is 7.11 Å². The first kappa shape index (κ1) is 13.5. The van der Waals surface area contributed by atoms with Gasteiger partial charge in [0.05, 0.1) is 7.11 Å². The van der Waals surface area contributed by atoms with E-state index in [0.717, 1.165) is 11.6 Å². The zero-order valence-electron chi connectivity index (χ0n) is 10.6. The summed E-state index contributed by atoms with van der Waals surface area (Å²) in [5, 5.41) is 0. The standard InChI is InChI=1S/C15H15F2NO/c1-19-14-8-3-2-6-11(14)13(18)9-10-5-4-7-12(16)15(10)17/h2-8,13H,9,18H2,1H3. The van der Waals surface area contributed by atoms with Crippen molar-refractivity contribution in [1.82, 2.24) is 0 Å². The molecule has 0 aliphatic carbocycles. The summed E-state index contributed by atoms with van der Waals surface area (Å²) in [5.41, 5.74) is 7.09. The molecule has 0 spiro atoms. The summed E-state index contributed by atoms with van der Waals surface area (Å²) in [5.74, 6) is -1.05. The third-order valence-corrected chi connectivity index (χ3v) is 3.01. The molecule has 0 bridgehead atoms. The zero-order valence-corrected chi connectivity index (χ0v) is 10.6. The first-order chi connectivity index (χ1) is 9.13. The van der Waals surface area contributed by atoms with Crippen LogP contribution in [0.25, 0.3) is 0 Å². The highest BCUT2D eigenvalue weighted by Crippen LogP contribution is 2.26. The van der Waals surface area contributed by atoms with Gasteiger partial charge >= 0.3 is 0 Å². The van der Waals surface area contributed by atoms with Crippen LogP contribution in [0.5, 0.6) is 5.75 Å². The molecular formula is C15H15F2NO. The van der Waals surface area contributed by atoms with Crippen LogP contribution >= 0.6 is 0 Å². The maximum absolute atomic E-state index is 13.6. The van der Waals surface area contributed by atoms with E-state index in [2.05, 4.69) is 0 Å². The molecule has 2 rings (SSSR count). The highest BCUT2D eigenvalue weighted by Gasteiger charge is 2.15. The van der Waals surface area contributed by atoms with Crippen LogP contribution in [-0.2, 0) is 6.42 Å². The SMILES string of the molecule is COc1ccccc1C(N)Cc1cccc(F)c1F. The molecule has 1 unspecified atom stereocenters. The van der Waals surface area contributed by atoms with Gasteiger partial charge in [0.1, 0.15) is 5.75 Å². The van der Waals surface area contributed by atoms with E-state index >= 15 is 0 Å². The van der Waals surface area contributed by atoms with E-state index in [1.54, 1.807) is 13.2 Å². The largest absolute Gasteiger partial charge is 0.496 e. The van der Waals surface area contributed by atoms with Gasteiger partial charge in [-0.2, -0.15) is 0 Å². The molecule has 2 nitrogen and oxygen atoms in total. The summed E-state index contributed by atoms with van der Waals surface area (Å²) in [6.45, 7) is 0. The number of ether oxygens (including phenoxy) is 1. The van der Waals surface area contributed by atoms with Gasteiger partial charge in [-0.1, -0.05) is 30.3 Å². The highest BCUT2D eigenvalue weighted by atomic mass is 19.2. The molecule has 2 aromatic carbocycles. The Morgan fingerprint density at radius 2 is 1.84 bits per heavy atom. The first-order valence-corrected chi connectivity index (χ1v) is 5.95. The van der Waals surface area contributed by atoms with E-state index in [1.165, 1.54) is 12.1 Å². The Morgan fingerprint density at radius 1 is 1.11 bits per heavy atom. The van der Waals surface area contributed by atoms with Crippen LogP contribution in [0.3, 0.4) is 0 Å². The van der Waals surface area contributed by atoms with E-state index in [1.807, 2.05) is 18.2 Å². The molecule has 0 aliphatic heterocycles. The summed E-state index contributed by atoms with van der Waals surface area (Å²) in [6, 6.07) is 10.9. The maximum atomic E-state index is 13.6. The maximum Gasteiger partial charge on any atom is 0.162 e. The number of nitrogens with two attached hydrogens (primary N) is 1. The van der Waals surface area contributed by atoms with Gasteiger partial charge in [0.15, 0.2) is 11.6 Å². The van der Waals surface area contributed by atoms with Gasteiger partial charge < -0.3 is 10.5 Å². The lowest BCUT2D eigenvalue weighted by Gasteiger charge is -2.16. The molecule has 0 aliphatic rings. The summed E-state index contributed by atoms with van der Waals surface area (Å²) in [7, 11) is 1.55. The third-order valence-electron chi connectivity index (χ3n) is 3.01. The van der Waals surface area contributed by atoms with Crippen molar-refractivity contribution in [1.29, 1.82) is 0 Å². The second-order valence-corrected chi connectivity index (χ2v) is 4.27. The van der Waals surface area contributed by atoms with Crippen molar-refractivity contribution >= 4 is 0 Å². The van der Waals surface area contributed by atoms with Crippen molar-refractivity contribution < 1.29 is 13.5 Å². The van der Waals surface area contributed by atoms with Crippen molar-refractivity contribution in [2.45, 2.75) is 12.5 Å². The number of hydrogen-bond acceptors (Lipinski definition) is 2. The fourth-order valence-electron chi connectivity index (χ4n) is 2.03. The van der Waals surface area contributed by atoms with E-state index in [0.29, 0.717) is 5.75 Å². The number of methoxy groups -OCH3 is 1. The molecule has 4 heteroatoms. The lowest BCUT2D eigenvalue weighted by Crippen LogP contribution is -2.15. The predicted octanol–water partition coefficient (Wildman–Crippen LogP) is 3.22. The predicted molar refractivity (Wildman–Crippen MR) is 70.0 cm³/mol. The summed E-state index contributed by atoms with van der Waals surface area (Å²) < 4.78 is 31.9. The van der Waals surface area contributed by atoms with E-state index in [4.69, 9.17) is 10.5 Å². The van der Waals surface area contributed by atoms with E-state index in [9.17, 15) is 8.78 Å². The number of hydrogen-bond donors (Lipinski definition) is 1. The minimum atomic E-state index is -0.857. The van der Waals surface area contributed by atoms with Gasteiger partial charge in [-0.15, -0.1) is 0 Å². The van der Waals surface area contributed by atoms with Gasteiger partial charge in [0.25, 0.3) is 0 Å². The molecule has 2 N–H and O–H groups in total. The van der Waals surface area contributed by atoms with Crippen LogP contribution in [0.15, 0.2) is 42.5 Å². The van der Waals surface area contributed by atoms with E-state index in [-0.39, 0.29) is 12.0 Å². The van der Waals surface area contributed by atoms with Crippen molar-refractivity contribution in [2.75, 3.05) is 7.11 Å². The summed E-state index contributed by atoms with van der Waals surface area (Å²) in [6.07, 6.45) is 0.212. The Morgan fingerprint density at radius 3 is 2.58 bits per heavy atom. The average molecular weight is 263 g/mol. The fourth-order valence-corrected chi connectivity index (χ4v) is 2.03. The normalized spacial score (nSPS) is 12.2. The van der Waals surface area contributed by atoms with Crippen LogP contribution in [0.1, 0.15) is 17.2 Å². The van der Waals surface area contributed by atoms with Crippen LogP contribution in [0.4, 0.5) is 8.78 Å². The molecular weight excluding hydrogens is 248 g/mol. The van der Waals surface area contributed by atoms with Crippen molar-refractivity contribution in [2.24, 2.45) is 5.73 Å². The van der Waals surface area contributed by atoms with Crippen LogP contribution in [0.2, 0.25) is 0 Å². The third kappa shape index (κ3) is 2.90. The monoisotopic (exact) mass is 263 g/mol. The van der Waals surface area contributed by atoms with Gasteiger partial charge in [0.2, 0.25) is 0 Å². The Bertz CT molecular complexity index is 572. The van der Waals surface area contributed by atoms with Crippen molar-refractivity contribution in [3.05, 3.63) is 65.2 Å². The molecule has 0 heterocycles. The van der Waals surface area contributed by atoms with Crippen LogP contribution < -0.4 is 10.5 Å². The molecule has 0 saturated carbocycles. The minimum absolute atomic E-state index is 0.212. The van der Waals surface area contributed by atoms with Crippen LogP contribution in [0, 0.1) is 11.6 Å². The number of para-hydroxylation sites is 1. The minimum Gasteiger partial charge on any atom is -0.496 e. The molecule has 2 aromatic rings. The van der Waals surface area contributed by atoms with E-state index < -0.39 is 17.7 Å². The lowest BCUT2D eigenvalue weighted by molar-refractivity contribution is 0.405. The molecule has 1 atom stereocenters. The van der Waals surface area contributed by atoms with Crippen molar-refractivity contribution in [3.63, 3.8) is 0 Å².